The number of thiazole rings is 1. The van der Waals surface area contributed by atoms with Crippen LogP contribution in [0.5, 0.6) is 5.75 Å². The van der Waals surface area contributed by atoms with Gasteiger partial charge in [0.05, 0.1) is 10.7 Å². The third-order valence-electron chi connectivity index (χ3n) is 4.03. The fraction of sp³-hybridized carbons (Fsp3) is 0.500. The first-order valence-corrected chi connectivity index (χ1v) is 8.98. The Balaban J connectivity index is 1.52. The molecule has 3 rings (SSSR count). The molecular weight excluding hydrogens is 306 g/mol. The molecule has 5 heteroatoms. The van der Waals surface area contributed by atoms with Gasteiger partial charge in [-0.25, -0.2) is 4.98 Å². The zero-order valence-corrected chi connectivity index (χ0v) is 14.9. The molecule has 1 aromatic carbocycles. The van der Waals surface area contributed by atoms with Crippen LogP contribution in [0.4, 0.5) is 0 Å². The molecule has 0 spiro atoms. The van der Waals surface area contributed by atoms with Gasteiger partial charge in [0.1, 0.15) is 12.4 Å². The highest BCUT2D eigenvalue weighted by Gasteiger charge is 2.25. The number of piperazine rings is 1. The molecule has 1 aliphatic heterocycles. The number of benzene rings is 1. The van der Waals surface area contributed by atoms with Crippen molar-refractivity contribution in [3.05, 3.63) is 45.9 Å². The smallest absolute Gasteiger partial charge is 0.131 e. The molecule has 0 unspecified atom stereocenters. The Morgan fingerprint density at radius 1 is 1.30 bits per heavy atom. The van der Waals surface area contributed by atoms with Gasteiger partial charge >= 0.3 is 0 Å². The lowest BCUT2D eigenvalue weighted by Gasteiger charge is -2.39. The van der Waals surface area contributed by atoms with Crippen LogP contribution < -0.4 is 10.1 Å². The molecule has 1 fully saturated rings. The molecule has 124 valence electrons. The van der Waals surface area contributed by atoms with Gasteiger partial charge in [0.25, 0.3) is 0 Å². The Hall–Kier alpha value is -1.43. The average molecular weight is 331 g/mol. The van der Waals surface area contributed by atoms with Crippen LogP contribution >= 0.6 is 11.3 Å². The molecule has 0 saturated carbocycles. The number of hydrogen-bond donors (Lipinski definition) is 1. The van der Waals surface area contributed by atoms with Crippen LogP contribution in [0.25, 0.3) is 0 Å². The van der Waals surface area contributed by atoms with Crippen molar-refractivity contribution in [2.45, 2.75) is 39.5 Å². The first-order valence-electron chi connectivity index (χ1n) is 8.10. The Labute approximate surface area is 142 Å². The fourth-order valence-electron chi connectivity index (χ4n) is 2.96. The van der Waals surface area contributed by atoms with Crippen molar-refractivity contribution in [2.24, 2.45) is 0 Å². The van der Waals surface area contributed by atoms with Gasteiger partial charge in [0, 0.05) is 37.1 Å². The minimum absolute atomic E-state index is 0.201. The quantitative estimate of drug-likeness (QED) is 0.913. The third-order valence-corrected chi connectivity index (χ3v) is 4.86. The Bertz CT molecular complexity index is 636. The molecule has 0 aliphatic carbocycles. The SMILES string of the molecule is Cc1nc(COc2ccc(CN3CCNC(C)(C)C3)cc2)cs1. The number of nitrogens with one attached hydrogen (secondary N) is 1. The lowest BCUT2D eigenvalue weighted by Crippen LogP contribution is -2.56. The van der Waals surface area contributed by atoms with Gasteiger partial charge in [-0.15, -0.1) is 11.3 Å². The predicted octanol–water partition coefficient (Wildman–Crippen LogP) is 3.21. The van der Waals surface area contributed by atoms with E-state index in [1.54, 1.807) is 11.3 Å². The van der Waals surface area contributed by atoms with Crippen molar-refractivity contribution in [1.82, 2.24) is 15.2 Å². The lowest BCUT2D eigenvalue weighted by molar-refractivity contribution is 0.148. The largest absolute Gasteiger partial charge is 0.487 e. The van der Waals surface area contributed by atoms with E-state index in [1.807, 2.05) is 6.92 Å². The number of aromatic nitrogens is 1. The second-order valence-electron chi connectivity index (χ2n) is 6.81. The van der Waals surface area contributed by atoms with E-state index in [-0.39, 0.29) is 5.54 Å². The van der Waals surface area contributed by atoms with Gasteiger partial charge in [-0.2, -0.15) is 0 Å². The van der Waals surface area contributed by atoms with Gasteiger partial charge in [-0.05, 0) is 38.5 Å². The van der Waals surface area contributed by atoms with Crippen LogP contribution in [0.15, 0.2) is 29.6 Å². The maximum atomic E-state index is 5.80. The van der Waals surface area contributed by atoms with Crippen molar-refractivity contribution in [2.75, 3.05) is 19.6 Å². The van der Waals surface area contributed by atoms with Crippen molar-refractivity contribution in [3.8, 4) is 5.75 Å². The van der Waals surface area contributed by atoms with E-state index in [1.165, 1.54) is 5.56 Å². The van der Waals surface area contributed by atoms with Crippen molar-refractivity contribution < 1.29 is 4.74 Å². The summed E-state index contributed by atoms with van der Waals surface area (Å²) in [6.45, 7) is 11.3. The van der Waals surface area contributed by atoms with E-state index < -0.39 is 0 Å². The highest BCUT2D eigenvalue weighted by atomic mass is 32.1. The number of aryl methyl sites for hydroxylation is 1. The van der Waals surface area contributed by atoms with Crippen LogP contribution in [-0.2, 0) is 13.2 Å². The summed E-state index contributed by atoms with van der Waals surface area (Å²) in [4.78, 5) is 6.92. The minimum Gasteiger partial charge on any atom is -0.487 e. The molecule has 0 bridgehead atoms. The Morgan fingerprint density at radius 2 is 2.09 bits per heavy atom. The molecule has 1 N–H and O–H groups in total. The van der Waals surface area contributed by atoms with Crippen molar-refractivity contribution in [1.29, 1.82) is 0 Å². The summed E-state index contributed by atoms with van der Waals surface area (Å²) in [5.41, 5.74) is 2.53. The Kier molecular flexibility index (Phi) is 4.99. The maximum absolute atomic E-state index is 5.80. The Morgan fingerprint density at radius 3 is 2.74 bits per heavy atom. The number of ether oxygens (including phenoxy) is 1. The normalized spacial score (nSPS) is 18.0. The van der Waals surface area contributed by atoms with E-state index in [9.17, 15) is 0 Å². The third kappa shape index (κ3) is 4.77. The first kappa shape index (κ1) is 16.4. The van der Waals surface area contributed by atoms with Crippen LogP contribution in [-0.4, -0.2) is 35.1 Å². The lowest BCUT2D eigenvalue weighted by atomic mass is 10.0. The van der Waals surface area contributed by atoms with E-state index in [4.69, 9.17) is 4.74 Å². The summed E-state index contributed by atoms with van der Waals surface area (Å²) in [6.07, 6.45) is 0. The summed E-state index contributed by atoms with van der Waals surface area (Å²) >= 11 is 1.66. The van der Waals surface area contributed by atoms with Gasteiger partial charge in [-0.3, -0.25) is 4.90 Å². The molecule has 1 aliphatic rings. The molecule has 23 heavy (non-hydrogen) atoms. The molecule has 2 heterocycles. The van der Waals surface area contributed by atoms with Crippen LogP contribution in [0, 0.1) is 6.92 Å². The zero-order valence-electron chi connectivity index (χ0n) is 14.1. The molecule has 0 atom stereocenters. The molecule has 2 aromatic rings. The number of hydrogen-bond acceptors (Lipinski definition) is 5. The van der Waals surface area contributed by atoms with E-state index >= 15 is 0 Å². The molecular formula is C18H25N3OS. The molecule has 0 amide bonds. The number of nitrogens with zero attached hydrogens (tertiary/aromatic N) is 2. The van der Waals surface area contributed by atoms with Crippen molar-refractivity contribution in [3.63, 3.8) is 0 Å². The van der Waals surface area contributed by atoms with Crippen LogP contribution in [0.2, 0.25) is 0 Å². The summed E-state index contributed by atoms with van der Waals surface area (Å²) < 4.78 is 5.80. The monoisotopic (exact) mass is 331 g/mol. The highest BCUT2D eigenvalue weighted by Crippen LogP contribution is 2.18. The molecule has 1 saturated heterocycles. The van der Waals surface area contributed by atoms with E-state index in [0.29, 0.717) is 6.61 Å². The van der Waals surface area contributed by atoms with Crippen LogP contribution in [0.3, 0.4) is 0 Å². The summed E-state index contributed by atoms with van der Waals surface area (Å²) in [7, 11) is 0. The second kappa shape index (κ2) is 6.99. The summed E-state index contributed by atoms with van der Waals surface area (Å²) in [5, 5.41) is 6.68. The minimum atomic E-state index is 0.201. The highest BCUT2D eigenvalue weighted by molar-refractivity contribution is 7.09. The molecule has 4 nitrogen and oxygen atoms in total. The van der Waals surface area contributed by atoms with E-state index in [2.05, 4.69) is 58.7 Å². The second-order valence-corrected chi connectivity index (χ2v) is 7.87. The summed E-state index contributed by atoms with van der Waals surface area (Å²) in [5.74, 6) is 0.903. The van der Waals surface area contributed by atoms with Gasteiger partial charge in [0.15, 0.2) is 0 Å². The first-order chi connectivity index (χ1) is 11.0. The fourth-order valence-corrected chi connectivity index (χ4v) is 3.56. The number of rotatable bonds is 5. The zero-order chi connectivity index (χ0) is 16.3. The molecule has 0 radical (unpaired) electrons. The molecule has 1 aromatic heterocycles. The van der Waals surface area contributed by atoms with Gasteiger partial charge in [0.2, 0.25) is 0 Å². The van der Waals surface area contributed by atoms with Crippen molar-refractivity contribution >= 4 is 11.3 Å². The van der Waals surface area contributed by atoms with E-state index in [0.717, 1.165) is 42.6 Å². The standard InChI is InChI=1S/C18H25N3OS/c1-14-20-16(12-23-14)11-22-17-6-4-15(5-7-17)10-21-9-8-19-18(2,3)13-21/h4-7,12,19H,8-11,13H2,1-3H3. The topological polar surface area (TPSA) is 37.4 Å². The van der Waals surface area contributed by atoms with Gasteiger partial charge < -0.3 is 10.1 Å². The average Bonchev–Trinajstić information content (AvgIpc) is 2.91. The van der Waals surface area contributed by atoms with Crippen LogP contribution in [0.1, 0.15) is 30.1 Å². The summed E-state index contributed by atoms with van der Waals surface area (Å²) in [6, 6.07) is 8.44. The predicted molar refractivity (Wildman–Crippen MR) is 95.0 cm³/mol. The maximum Gasteiger partial charge on any atom is 0.131 e. The van der Waals surface area contributed by atoms with Gasteiger partial charge in [-0.1, -0.05) is 12.1 Å².